The van der Waals surface area contributed by atoms with Crippen molar-refractivity contribution in [2.75, 3.05) is 0 Å². The minimum atomic E-state index is -0.325. The van der Waals surface area contributed by atoms with Crippen LogP contribution in [0.5, 0.6) is 0 Å². The van der Waals surface area contributed by atoms with E-state index in [0.717, 1.165) is 10.0 Å². The quantitative estimate of drug-likeness (QED) is 0.750. The highest BCUT2D eigenvalue weighted by Gasteiger charge is 2.13. The number of ketones is 1. The summed E-state index contributed by atoms with van der Waals surface area (Å²) < 4.78 is 13.9. The van der Waals surface area contributed by atoms with Crippen LogP contribution in [0.1, 0.15) is 27.0 Å². The Kier molecular flexibility index (Phi) is 3.62. The Balaban J connectivity index is 2.47. The van der Waals surface area contributed by atoms with Gasteiger partial charge in [0.25, 0.3) is 0 Å². The SMILES string of the molecule is Cc1cc(Br)cc(C(=O)c2ccc(F)cc2C)c1. The Labute approximate surface area is 114 Å². The first-order chi connectivity index (χ1) is 8.47. The number of carbonyl (C=O) groups excluding carboxylic acids is 1. The number of halogens is 2. The first kappa shape index (κ1) is 13.0. The number of hydrogen-bond acceptors (Lipinski definition) is 1. The van der Waals surface area contributed by atoms with Crippen LogP contribution in [0.15, 0.2) is 40.9 Å². The third-order valence-corrected chi connectivity index (χ3v) is 3.20. The van der Waals surface area contributed by atoms with E-state index >= 15 is 0 Å². The van der Waals surface area contributed by atoms with Crippen LogP contribution in [0.4, 0.5) is 4.39 Å². The fourth-order valence-electron chi connectivity index (χ4n) is 1.90. The summed E-state index contributed by atoms with van der Waals surface area (Å²) >= 11 is 3.37. The molecule has 0 atom stereocenters. The van der Waals surface area contributed by atoms with Gasteiger partial charge >= 0.3 is 0 Å². The van der Waals surface area contributed by atoms with Crippen LogP contribution in [0.3, 0.4) is 0 Å². The van der Waals surface area contributed by atoms with Crippen molar-refractivity contribution in [3.8, 4) is 0 Å². The van der Waals surface area contributed by atoms with Crippen molar-refractivity contribution >= 4 is 21.7 Å². The van der Waals surface area contributed by atoms with E-state index in [0.29, 0.717) is 16.7 Å². The zero-order valence-corrected chi connectivity index (χ0v) is 11.7. The molecule has 2 aromatic rings. The smallest absolute Gasteiger partial charge is 0.193 e. The molecule has 0 radical (unpaired) electrons. The van der Waals surface area contributed by atoms with Gasteiger partial charge in [0.1, 0.15) is 5.82 Å². The predicted molar refractivity (Wildman–Crippen MR) is 73.4 cm³/mol. The summed E-state index contributed by atoms with van der Waals surface area (Å²) in [4.78, 5) is 12.3. The van der Waals surface area contributed by atoms with Crippen LogP contribution in [0.25, 0.3) is 0 Å². The topological polar surface area (TPSA) is 17.1 Å². The summed E-state index contributed by atoms with van der Waals surface area (Å²) in [5.74, 6) is -0.411. The molecule has 0 aliphatic rings. The van der Waals surface area contributed by atoms with E-state index in [2.05, 4.69) is 15.9 Å². The van der Waals surface area contributed by atoms with Gasteiger partial charge in [-0.2, -0.15) is 0 Å². The van der Waals surface area contributed by atoms with Gasteiger partial charge in [0, 0.05) is 15.6 Å². The Hall–Kier alpha value is -1.48. The molecule has 0 bridgehead atoms. The molecule has 0 heterocycles. The van der Waals surface area contributed by atoms with Crippen LogP contribution in [0, 0.1) is 19.7 Å². The van der Waals surface area contributed by atoms with Crippen molar-refractivity contribution in [1.82, 2.24) is 0 Å². The van der Waals surface area contributed by atoms with E-state index in [1.165, 1.54) is 18.2 Å². The highest BCUT2D eigenvalue weighted by molar-refractivity contribution is 9.10. The van der Waals surface area contributed by atoms with Crippen LogP contribution in [-0.2, 0) is 0 Å². The second-order valence-corrected chi connectivity index (χ2v) is 5.22. The standard InChI is InChI=1S/C15H12BrFO/c1-9-5-11(8-12(16)6-9)15(18)14-4-3-13(17)7-10(14)2/h3-8H,1-2H3. The van der Waals surface area contributed by atoms with Crippen LogP contribution in [0.2, 0.25) is 0 Å². The summed E-state index contributed by atoms with van der Waals surface area (Å²) in [7, 11) is 0. The number of carbonyl (C=O) groups is 1. The summed E-state index contributed by atoms with van der Waals surface area (Å²) in [6, 6.07) is 9.76. The fourth-order valence-corrected chi connectivity index (χ4v) is 2.51. The van der Waals surface area contributed by atoms with E-state index in [9.17, 15) is 9.18 Å². The van der Waals surface area contributed by atoms with Crippen molar-refractivity contribution in [3.05, 3.63) is 68.9 Å². The Morgan fingerprint density at radius 2 is 1.83 bits per heavy atom. The van der Waals surface area contributed by atoms with E-state index in [-0.39, 0.29) is 11.6 Å². The first-order valence-corrected chi connectivity index (χ1v) is 6.35. The molecule has 0 spiro atoms. The number of rotatable bonds is 2. The second-order valence-electron chi connectivity index (χ2n) is 4.31. The molecule has 2 rings (SSSR count). The maximum atomic E-state index is 13.0. The van der Waals surface area contributed by atoms with Gasteiger partial charge < -0.3 is 0 Å². The average molecular weight is 307 g/mol. The van der Waals surface area contributed by atoms with E-state index < -0.39 is 0 Å². The highest BCUT2D eigenvalue weighted by atomic mass is 79.9. The van der Waals surface area contributed by atoms with Crippen molar-refractivity contribution in [1.29, 1.82) is 0 Å². The zero-order valence-electron chi connectivity index (χ0n) is 10.1. The van der Waals surface area contributed by atoms with Crippen molar-refractivity contribution in [2.24, 2.45) is 0 Å². The summed E-state index contributed by atoms with van der Waals surface area (Å²) in [6.07, 6.45) is 0. The van der Waals surface area contributed by atoms with Gasteiger partial charge in [-0.05, 0) is 61.4 Å². The summed E-state index contributed by atoms with van der Waals surface area (Å²) in [6.45, 7) is 3.67. The Bertz CT molecular complexity index is 600. The molecule has 1 nitrogen and oxygen atoms in total. The molecule has 0 aromatic heterocycles. The molecule has 0 saturated heterocycles. The minimum Gasteiger partial charge on any atom is -0.289 e. The third-order valence-electron chi connectivity index (χ3n) is 2.74. The average Bonchev–Trinajstić information content (AvgIpc) is 2.26. The van der Waals surface area contributed by atoms with E-state index in [4.69, 9.17) is 0 Å². The van der Waals surface area contributed by atoms with Gasteiger partial charge in [-0.1, -0.05) is 15.9 Å². The van der Waals surface area contributed by atoms with Gasteiger partial charge in [0.05, 0.1) is 0 Å². The highest BCUT2D eigenvalue weighted by Crippen LogP contribution is 2.20. The summed E-state index contributed by atoms with van der Waals surface area (Å²) in [5.41, 5.74) is 2.80. The third kappa shape index (κ3) is 2.67. The lowest BCUT2D eigenvalue weighted by atomic mass is 9.98. The van der Waals surface area contributed by atoms with Gasteiger partial charge in [-0.15, -0.1) is 0 Å². The number of aryl methyl sites for hydroxylation is 2. The monoisotopic (exact) mass is 306 g/mol. The maximum Gasteiger partial charge on any atom is 0.193 e. The molecule has 3 heteroatoms. The maximum absolute atomic E-state index is 13.0. The largest absolute Gasteiger partial charge is 0.289 e. The second kappa shape index (κ2) is 5.02. The number of benzene rings is 2. The molecule has 2 aromatic carbocycles. The van der Waals surface area contributed by atoms with Gasteiger partial charge in [0.2, 0.25) is 0 Å². The molecule has 92 valence electrons. The molecule has 0 N–H and O–H groups in total. The molecular weight excluding hydrogens is 295 g/mol. The molecule has 0 aliphatic carbocycles. The van der Waals surface area contributed by atoms with E-state index in [1.54, 1.807) is 13.0 Å². The van der Waals surface area contributed by atoms with Crippen LogP contribution >= 0.6 is 15.9 Å². The van der Waals surface area contributed by atoms with Crippen molar-refractivity contribution in [2.45, 2.75) is 13.8 Å². The zero-order chi connectivity index (χ0) is 13.3. The van der Waals surface area contributed by atoms with Crippen molar-refractivity contribution in [3.63, 3.8) is 0 Å². The molecule has 0 amide bonds. The number of hydrogen-bond donors (Lipinski definition) is 0. The van der Waals surface area contributed by atoms with Crippen LogP contribution < -0.4 is 0 Å². The molecule has 0 unspecified atom stereocenters. The van der Waals surface area contributed by atoms with E-state index in [1.807, 2.05) is 19.1 Å². The predicted octanol–water partition coefficient (Wildman–Crippen LogP) is 4.44. The minimum absolute atomic E-state index is 0.0862. The lowest BCUT2D eigenvalue weighted by molar-refractivity contribution is 0.103. The Morgan fingerprint density at radius 3 is 2.44 bits per heavy atom. The Morgan fingerprint density at radius 1 is 1.11 bits per heavy atom. The summed E-state index contributed by atoms with van der Waals surface area (Å²) in [5, 5.41) is 0. The fraction of sp³-hybridized carbons (Fsp3) is 0.133. The molecule has 18 heavy (non-hydrogen) atoms. The first-order valence-electron chi connectivity index (χ1n) is 5.55. The lowest BCUT2D eigenvalue weighted by Crippen LogP contribution is -2.04. The molecular formula is C15H12BrFO. The van der Waals surface area contributed by atoms with Gasteiger partial charge in [0.15, 0.2) is 5.78 Å². The lowest BCUT2D eigenvalue weighted by Gasteiger charge is -2.06. The van der Waals surface area contributed by atoms with Crippen molar-refractivity contribution < 1.29 is 9.18 Å². The molecule has 0 saturated carbocycles. The van der Waals surface area contributed by atoms with Gasteiger partial charge in [-0.3, -0.25) is 4.79 Å². The normalized spacial score (nSPS) is 10.4. The van der Waals surface area contributed by atoms with Gasteiger partial charge in [-0.25, -0.2) is 4.39 Å². The molecule has 0 aliphatic heterocycles. The van der Waals surface area contributed by atoms with Crippen LogP contribution in [-0.4, -0.2) is 5.78 Å². The molecule has 0 fully saturated rings.